The minimum atomic E-state index is -0.0737. The van der Waals surface area contributed by atoms with Crippen LogP contribution in [0.15, 0.2) is 18.2 Å². The van der Waals surface area contributed by atoms with Crippen LogP contribution in [0, 0.1) is 11.8 Å². The molecule has 1 fully saturated rings. The molecule has 0 bridgehead atoms. The van der Waals surface area contributed by atoms with Gasteiger partial charge < -0.3 is 15.4 Å². The minimum Gasteiger partial charge on any atom is -0.494 e. The van der Waals surface area contributed by atoms with E-state index in [0.717, 1.165) is 41.9 Å². The molecule has 1 aromatic heterocycles. The summed E-state index contributed by atoms with van der Waals surface area (Å²) in [6, 6.07) is 5.92. The normalized spacial score (nSPS) is 16.6. The number of ether oxygens (including phenoxy) is 1. The fourth-order valence-corrected chi connectivity index (χ4v) is 4.35. The van der Waals surface area contributed by atoms with E-state index in [1.807, 2.05) is 32.0 Å². The number of amides is 2. The monoisotopic (exact) mass is 432 g/mol. The number of thiazole rings is 1. The molecule has 164 valence electrons. The number of piperidine rings is 1. The predicted octanol–water partition coefficient (Wildman–Crippen LogP) is 3.51. The SMILES string of the molecule is CCOc1ccc2nc(NC(=O)CN3CCC(C(=O)NC(C)C(C)C)CC3)sc2c1. The van der Waals surface area contributed by atoms with Crippen LogP contribution < -0.4 is 15.4 Å². The van der Waals surface area contributed by atoms with Crippen LogP contribution in [0.2, 0.25) is 0 Å². The van der Waals surface area contributed by atoms with E-state index in [0.29, 0.717) is 24.2 Å². The van der Waals surface area contributed by atoms with E-state index in [-0.39, 0.29) is 23.8 Å². The Hall–Kier alpha value is -2.19. The number of benzene rings is 1. The summed E-state index contributed by atoms with van der Waals surface area (Å²) >= 11 is 1.45. The lowest BCUT2D eigenvalue weighted by molar-refractivity contribution is -0.127. The lowest BCUT2D eigenvalue weighted by atomic mass is 9.95. The number of anilines is 1. The van der Waals surface area contributed by atoms with Gasteiger partial charge in [0, 0.05) is 12.0 Å². The molecule has 1 saturated heterocycles. The van der Waals surface area contributed by atoms with Crippen molar-refractivity contribution >= 4 is 38.5 Å². The van der Waals surface area contributed by atoms with E-state index in [1.165, 1.54) is 11.3 Å². The zero-order valence-electron chi connectivity index (χ0n) is 18.2. The highest BCUT2D eigenvalue weighted by Gasteiger charge is 2.27. The number of hydrogen-bond donors (Lipinski definition) is 2. The molecular formula is C22H32N4O3S. The van der Waals surface area contributed by atoms with E-state index in [2.05, 4.69) is 34.4 Å². The van der Waals surface area contributed by atoms with Crippen molar-refractivity contribution in [2.24, 2.45) is 11.8 Å². The fourth-order valence-electron chi connectivity index (χ4n) is 3.44. The quantitative estimate of drug-likeness (QED) is 0.667. The zero-order chi connectivity index (χ0) is 21.7. The molecule has 3 rings (SSSR count). The van der Waals surface area contributed by atoms with E-state index < -0.39 is 0 Å². The molecule has 1 aliphatic heterocycles. The third kappa shape index (κ3) is 5.92. The molecule has 1 aliphatic rings. The number of nitrogens with zero attached hydrogens (tertiary/aromatic N) is 2. The molecule has 30 heavy (non-hydrogen) atoms. The van der Waals surface area contributed by atoms with Gasteiger partial charge in [0.15, 0.2) is 5.13 Å². The van der Waals surface area contributed by atoms with Gasteiger partial charge >= 0.3 is 0 Å². The van der Waals surface area contributed by atoms with Gasteiger partial charge in [-0.05, 0) is 63.9 Å². The van der Waals surface area contributed by atoms with E-state index in [4.69, 9.17) is 4.74 Å². The third-order valence-electron chi connectivity index (χ3n) is 5.61. The second-order valence-corrected chi connectivity index (χ2v) is 9.25. The van der Waals surface area contributed by atoms with Crippen molar-refractivity contribution in [1.29, 1.82) is 0 Å². The van der Waals surface area contributed by atoms with Crippen molar-refractivity contribution in [2.45, 2.75) is 46.6 Å². The largest absolute Gasteiger partial charge is 0.494 e. The number of fused-ring (bicyclic) bond motifs is 1. The first-order valence-electron chi connectivity index (χ1n) is 10.7. The van der Waals surface area contributed by atoms with E-state index in [9.17, 15) is 9.59 Å². The van der Waals surface area contributed by atoms with Crippen LogP contribution in [0.25, 0.3) is 10.2 Å². The van der Waals surface area contributed by atoms with Crippen molar-refractivity contribution in [1.82, 2.24) is 15.2 Å². The lowest BCUT2D eigenvalue weighted by Gasteiger charge is -2.31. The van der Waals surface area contributed by atoms with Gasteiger partial charge in [-0.3, -0.25) is 14.5 Å². The minimum absolute atomic E-state index is 0.0364. The van der Waals surface area contributed by atoms with Gasteiger partial charge in [-0.1, -0.05) is 25.2 Å². The van der Waals surface area contributed by atoms with Crippen molar-refractivity contribution in [3.8, 4) is 5.75 Å². The van der Waals surface area contributed by atoms with Gasteiger partial charge in [0.2, 0.25) is 11.8 Å². The molecular weight excluding hydrogens is 400 g/mol. The molecule has 0 saturated carbocycles. The van der Waals surface area contributed by atoms with Gasteiger partial charge in [0.1, 0.15) is 5.75 Å². The first-order chi connectivity index (χ1) is 14.4. The Bertz CT molecular complexity index is 874. The average Bonchev–Trinajstić information content (AvgIpc) is 3.09. The summed E-state index contributed by atoms with van der Waals surface area (Å²) in [4.78, 5) is 31.5. The number of carbonyl (C=O) groups excluding carboxylic acids is 2. The molecule has 2 N–H and O–H groups in total. The van der Waals surface area contributed by atoms with Gasteiger partial charge in [-0.25, -0.2) is 4.98 Å². The molecule has 7 nitrogen and oxygen atoms in total. The topological polar surface area (TPSA) is 83.6 Å². The Balaban J connectivity index is 1.47. The van der Waals surface area contributed by atoms with Crippen LogP contribution in [0.5, 0.6) is 5.75 Å². The van der Waals surface area contributed by atoms with Gasteiger partial charge in [0.25, 0.3) is 0 Å². The molecule has 1 atom stereocenters. The van der Waals surface area contributed by atoms with Crippen molar-refractivity contribution in [3.05, 3.63) is 18.2 Å². The van der Waals surface area contributed by atoms with Gasteiger partial charge in [-0.15, -0.1) is 0 Å². The molecule has 1 unspecified atom stereocenters. The maximum atomic E-state index is 12.5. The number of likely N-dealkylation sites (tertiary alicyclic amines) is 1. The Morgan fingerprint density at radius 2 is 2.00 bits per heavy atom. The van der Waals surface area contributed by atoms with Crippen LogP contribution >= 0.6 is 11.3 Å². The second-order valence-electron chi connectivity index (χ2n) is 8.22. The summed E-state index contributed by atoms with van der Waals surface area (Å²) in [5.74, 6) is 1.33. The molecule has 1 aromatic carbocycles. The number of rotatable bonds is 8. The average molecular weight is 433 g/mol. The van der Waals surface area contributed by atoms with Gasteiger partial charge in [0.05, 0.1) is 23.4 Å². The van der Waals surface area contributed by atoms with Crippen molar-refractivity contribution < 1.29 is 14.3 Å². The third-order valence-corrected chi connectivity index (χ3v) is 6.55. The Morgan fingerprint density at radius 3 is 2.67 bits per heavy atom. The highest BCUT2D eigenvalue weighted by atomic mass is 32.1. The standard InChI is InChI=1S/C22H32N4O3S/c1-5-29-17-6-7-18-19(12-17)30-22(24-18)25-20(27)13-26-10-8-16(9-11-26)21(28)23-15(4)14(2)3/h6-7,12,14-16H,5,8-11,13H2,1-4H3,(H,23,28)(H,24,25,27). The Kier molecular flexibility index (Phi) is 7.66. The molecule has 2 heterocycles. The number of nitrogens with one attached hydrogen (secondary N) is 2. The Labute approximate surface area is 182 Å². The first kappa shape index (κ1) is 22.5. The second kappa shape index (κ2) is 10.2. The van der Waals surface area contributed by atoms with Crippen molar-refractivity contribution in [3.63, 3.8) is 0 Å². The van der Waals surface area contributed by atoms with E-state index >= 15 is 0 Å². The summed E-state index contributed by atoms with van der Waals surface area (Å²) in [5, 5.41) is 6.62. The Morgan fingerprint density at radius 1 is 1.27 bits per heavy atom. The van der Waals surface area contributed by atoms with Crippen molar-refractivity contribution in [2.75, 3.05) is 31.6 Å². The molecule has 0 spiro atoms. The highest BCUT2D eigenvalue weighted by Crippen LogP contribution is 2.29. The van der Waals surface area contributed by atoms with E-state index in [1.54, 1.807) is 0 Å². The summed E-state index contributed by atoms with van der Waals surface area (Å²) in [7, 11) is 0. The summed E-state index contributed by atoms with van der Waals surface area (Å²) < 4.78 is 6.50. The van der Waals surface area contributed by atoms with Crippen LogP contribution in [0.4, 0.5) is 5.13 Å². The smallest absolute Gasteiger partial charge is 0.240 e. The van der Waals surface area contributed by atoms with Crippen LogP contribution in [-0.2, 0) is 9.59 Å². The summed E-state index contributed by atoms with van der Waals surface area (Å²) in [6.07, 6.45) is 1.57. The molecule has 0 aliphatic carbocycles. The maximum Gasteiger partial charge on any atom is 0.240 e. The van der Waals surface area contributed by atoms with Crippen LogP contribution in [-0.4, -0.2) is 54.0 Å². The predicted molar refractivity (Wildman–Crippen MR) is 121 cm³/mol. The van der Waals surface area contributed by atoms with Gasteiger partial charge in [-0.2, -0.15) is 0 Å². The summed E-state index contributed by atoms with van der Waals surface area (Å²) in [6.45, 7) is 10.6. The number of aromatic nitrogens is 1. The lowest BCUT2D eigenvalue weighted by Crippen LogP contribution is -2.45. The highest BCUT2D eigenvalue weighted by molar-refractivity contribution is 7.22. The van der Waals surface area contributed by atoms with Crippen LogP contribution in [0.3, 0.4) is 0 Å². The fraction of sp³-hybridized carbons (Fsp3) is 0.591. The molecule has 8 heteroatoms. The maximum absolute atomic E-state index is 12.5. The molecule has 2 amide bonds. The number of carbonyl (C=O) groups is 2. The zero-order valence-corrected chi connectivity index (χ0v) is 19.1. The first-order valence-corrected chi connectivity index (χ1v) is 11.5. The molecule has 2 aromatic rings. The van der Waals surface area contributed by atoms with Crippen LogP contribution in [0.1, 0.15) is 40.5 Å². The number of hydrogen-bond acceptors (Lipinski definition) is 6. The summed E-state index contributed by atoms with van der Waals surface area (Å²) in [5.41, 5.74) is 0.848. The molecule has 0 radical (unpaired) electrons.